The van der Waals surface area contributed by atoms with Crippen LogP contribution in [0.5, 0.6) is 5.75 Å². The number of Topliss-reactive ketones (excluding diaryl/α,β-unsaturated/α-hetero) is 2. The number of hydrogen-bond acceptors (Lipinski definition) is 5. The van der Waals surface area contributed by atoms with Gasteiger partial charge in [-0.05, 0) is 30.5 Å². The first kappa shape index (κ1) is 14.2. The number of rotatable bonds is 4. The molecule has 0 saturated heterocycles. The van der Waals surface area contributed by atoms with Crippen molar-refractivity contribution in [2.45, 2.75) is 38.7 Å². The zero-order valence-electron chi connectivity index (χ0n) is 11.2. The minimum atomic E-state index is -1.19. The summed E-state index contributed by atoms with van der Waals surface area (Å²) in [6, 6.07) is 5.08. The second-order valence-electron chi connectivity index (χ2n) is 4.92. The fourth-order valence-electron chi connectivity index (χ4n) is 2.13. The second-order valence-corrected chi connectivity index (χ2v) is 4.92. The van der Waals surface area contributed by atoms with E-state index in [-0.39, 0.29) is 36.6 Å². The summed E-state index contributed by atoms with van der Waals surface area (Å²) in [4.78, 5) is 34.3. The smallest absolute Gasteiger partial charge is 0.307 e. The van der Waals surface area contributed by atoms with Crippen LogP contribution in [-0.4, -0.2) is 28.7 Å². The molecule has 0 spiro atoms. The first-order chi connectivity index (χ1) is 9.47. The quantitative estimate of drug-likeness (QED) is 0.665. The summed E-state index contributed by atoms with van der Waals surface area (Å²) < 4.78 is 4.92. The molecule has 0 unspecified atom stereocenters. The Morgan fingerprint density at radius 3 is 2.55 bits per heavy atom. The molecule has 1 aliphatic rings. The van der Waals surface area contributed by atoms with Crippen LogP contribution in [0.25, 0.3) is 0 Å². The van der Waals surface area contributed by atoms with Gasteiger partial charge in [0.15, 0.2) is 11.6 Å². The molecule has 2 rings (SSSR count). The molecule has 0 atom stereocenters. The monoisotopic (exact) mass is 276 g/mol. The van der Waals surface area contributed by atoms with E-state index in [9.17, 15) is 19.5 Å². The van der Waals surface area contributed by atoms with Crippen molar-refractivity contribution in [3.63, 3.8) is 0 Å². The maximum absolute atomic E-state index is 11.6. The summed E-state index contributed by atoms with van der Waals surface area (Å²) in [7, 11) is 0. The SMILES string of the molecule is Cc1cc(CCC(=O)OC2C(=O)CCC2=O)ccc1O. The van der Waals surface area contributed by atoms with E-state index in [1.807, 2.05) is 0 Å². The number of hydrogen-bond donors (Lipinski definition) is 1. The predicted molar refractivity (Wildman–Crippen MR) is 70.3 cm³/mol. The van der Waals surface area contributed by atoms with E-state index in [2.05, 4.69) is 0 Å². The molecule has 1 aliphatic carbocycles. The number of ketones is 2. The van der Waals surface area contributed by atoms with Crippen LogP contribution >= 0.6 is 0 Å². The zero-order valence-corrected chi connectivity index (χ0v) is 11.2. The first-order valence-corrected chi connectivity index (χ1v) is 6.51. The van der Waals surface area contributed by atoms with Crippen LogP contribution in [0.3, 0.4) is 0 Å². The van der Waals surface area contributed by atoms with Gasteiger partial charge in [0.1, 0.15) is 5.75 Å². The van der Waals surface area contributed by atoms with Crippen molar-refractivity contribution in [2.24, 2.45) is 0 Å². The van der Waals surface area contributed by atoms with Crippen molar-refractivity contribution >= 4 is 17.5 Å². The fourth-order valence-corrected chi connectivity index (χ4v) is 2.13. The molecule has 0 bridgehead atoms. The lowest BCUT2D eigenvalue weighted by atomic mass is 10.1. The van der Waals surface area contributed by atoms with Gasteiger partial charge in [-0.1, -0.05) is 12.1 Å². The molecule has 1 saturated carbocycles. The Balaban J connectivity index is 1.87. The number of ether oxygens (including phenoxy) is 1. The average Bonchev–Trinajstić information content (AvgIpc) is 2.72. The maximum atomic E-state index is 11.6. The molecular formula is C15H16O5. The van der Waals surface area contributed by atoms with Gasteiger partial charge in [-0.15, -0.1) is 0 Å². The Morgan fingerprint density at radius 1 is 1.30 bits per heavy atom. The highest BCUT2D eigenvalue weighted by Crippen LogP contribution is 2.19. The second kappa shape index (κ2) is 5.86. The molecule has 1 aromatic rings. The number of phenolic OH excluding ortho intramolecular Hbond substituents is 1. The predicted octanol–water partition coefficient (Wildman–Crippen LogP) is 1.48. The molecule has 20 heavy (non-hydrogen) atoms. The van der Waals surface area contributed by atoms with Gasteiger partial charge in [0.2, 0.25) is 6.10 Å². The Kier molecular flexibility index (Phi) is 4.17. The van der Waals surface area contributed by atoms with E-state index in [1.165, 1.54) is 0 Å². The van der Waals surface area contributed by atoms with Crippen molar-refractivity contribution < 1.29 is 24.2 Å². The molecule has 0 aliphatic heterocycles. The Labute approximate surface area is 116 Å². The lowest BCUT2D eigenvalue weighted by Crippen LogP contribution is -2.28. The molecule has 0 radical (unpaired) electrons. The number of carbonyl (C=O) groups is 3. The molecule has 1 fully saturated rings. The number of aryl methyl sites for hydroxylation is 2. The highest BCUT2D eigenvalue weighted by molar-refractivity contribution is 6.12. The van der Waals surface area contributed by atoms with Crippen LogP contribution in [0.4, 0.5) is 0 Å². The van der Waals surface area contributed by atoms with Gasteiger partial charge in [0.05, 0.1) is 0 Å². The molecule has 106 valence electrons. The van der Waals surface area contributed by atoms with Crippen molar-refractivity contribution in [3.05, 3.63) is 29.3 Å². The van der Waals surface area contributed by atoms with Gasteiger partial charge < -0.3 is 9.84 Å². The number of benzene rings is 1. The third kappa shape index (κ3) is 3.23. The maximum Gasteiger partial charge on any atom is 0.307 e. The standard InChI is InChI=1S/C15H16O5/c1-9-8-10(2-4-11(9)16)3-7-14(19)20-15-12(17)5-6-13(15)18/h2,4,8,15-16H,3,5-7H2,1H3. The van der Waals surface area contributed by atoms with Gasteiger partial charge in [-0.3, -0.25) is 14.4 Å². The van der Waals surface area contributed by atoms with Crippen LogP contribution in [-0.2, 0) is 25.5 Å². The van der Waals surface area contributed by atoms with Crippen LogP contribution in [0.2, 0.25) is 0 Å². The molecular weight excluding hydrogens is 260 g/mol. The molecule has 5 heteroatoms. The van der Waals surface area contributed by atoms with E-state index >= 15 is 0 Å². The van der Waals surface area contributed by atoms with Gasteiger partial charge >= 0.3 is 5.97 Å². The number of esters is 1. The van der Waals surface area contributed by atoms with E-state index in [4.69, 9.17) is 4.74 Å². The van der Waals surface area contributed by atoms with Crippen molar-refractivity contribution in [3.8, 4) is 5.75 Å². The van der Waals surface area contributed by atoms with Crippen LogP contribution in [0.1, 0.15) is 30.4 Å². The third-order valence-electron chi connectivity index (χ3n) is 3.33. The Bertz CT molecular complexity index is 545. The first-order valence-electron chi connectivity index (χ1n) is 6.51. The summed E-state index contributed by atoms with van der Waals surface area (Å²) in [5, 5.41) is 9.40. The highest BCUT2D eigenvalue weighted by Gasteiger charge is 2.35. The summed E-state index contributed by atoms with van der Waals surface area (Å²) in [6.45, 7) is 1.77. The minimum absolute atomic E-state index is 0.0985. The zero-order chi connectivity index (χ0) is 14.7. The number of carbonyl (C=O) groups excluding carboxylic acids is 3. The van der Waals surface area contributed by atoms with Gasteiger partial charge in [0.25, 0.3) is 0 Å². The largest absolute Gasteiger partial charge is 0.508 e. The van der Waals surface area contributed by atoms with Crippen molar-refractivity contribution in [2.75, 3.05) is 0 Å². The normalized spacial score (nSPS) is 15.7. The summed E-state index contributed by atoms with van der Waals surface area (Å²) in [5.74, 6) is -0.976. The summed E-state index contributed by atoms with van der Waals surface area (Å²) in [6.07, 6.45) is -0.331. The molecule has 1 N–H and O–H groups in total. The minimum Gasteiger partial charge on any atom is -0.508 e. The highest BCUT2D eigenvalue weighted by atomic mass is 16.5. The van der Waals surface area contributed by atoms with Gasteiger partial charge in [-0.2, -0.15) is 0 Å². The Morgan fingerprint density at radius 2 is 1.95 bits per heavy atom. The van der Waals surface area contributed by atoms with Crippen LogP contribution in [0, 0.1) is 6.92 Å². The third-order valence-corrected chi connectivity index (χ3v) is 3.33. The van der Waals surface area contributed by atoms with Crippen LogP contribution < -0.4 is 0 Å². The lowest BCUT2D eigenvalue weighted by molar-refractivity contribution is -0.157. The fraction of sp³-hybridized carbons (Fsp3) is 0.400. The van der Waals surface area contributed by atoms with Crippen LogP contribution in [0.15, 0.2) is 18.2 Å². The van der Waals surface area contributed by atoms with E-state index in [0.29, 0.717) is 6.42 Å². The van der Waals surface area contributed by atoms with Gasteiger partial charge in [0, 0.05) is 19.3 Å². The Hall–Kier alpha value is -2.17. The average molecular weight is 276 g/mol. The molecule has 5 nitrogen and oxygen atoms in total. The molecule has 0 heterocycles. The van der Waals surface area contributed by atoms with Gasteiger partial charge in [-0.25, -0.2) is 0 Å². The summed E-state index contributed by atoms with van der Waals surface area (Å²) >= 11 is 0. The summed E-state index contributed by atoms with van der Waals surface area (Å²) in [5.41, 5.74) is 1.62. The lowest BCUT2D eigenvalue weighted by Gasteiger charge is -2.09. The number of phenols is 1. The van der Waals surface area contributed by atoms with E-state index in [1.54, 1.807) is 25.1 Å². The topological polar surface area (TPSA) is 80.7 Å². The van der Waals surface area contributed by atoms with E-state index in [0.717, 1.165) is 11.1 Å². The number of aromatic hydroxyl groups is 1. The van der Waals surface area contributed by atoms with Crippen molar-refractivity contribution in [1.29, 1.82) is 0 Å². The molecule has 0 amide bonds. The molecule has 1 aromatic carbocycles. The molecule has 0 aromatic heterocycles. The van der Waals surface area contributed by atoms with E-state index < -0.39 is 12.1 Å². The van der Waals surface area contributed by atoms with Crippen molar-refractivity contribution in [1.82, 2.24) is 0 Å².